The van der Waals surface area contributed by atoms with Gasteiger partial charge in [-0.15, -0.1) is 0 Å². The topological polar surface area (TPSA) is 431 Å². The first-order valence-electron chi connectivity index (χ1n) is 19.3. The zero-order valence-electron chi connectivity index (χ0n) is 34.1. The van der Waals surface area contributed by atoms with E-state index in [4.69, 9.17) is 32.0 Å². The average Bonchev–Trinajstić information content (AvgIpc) is 3.90. The fourth-order valence-corrected chi connectivity index (χ4v) is 8.04. The average molecular weight is 909 g/mol. The van der Waals surface area contributed by atoms with Gasteiger partial charge in [0.1, 0.15) is 12.1 Å². The number of carbonyl (C=O) groups is 2. The fourth-order valence-electron chi connectivity index (χ4n) is 6.39. The van der Waals surface area contributed by atoms with E-state index in [2.05, 4.69) is 49.6 Å². The zero-order valence-corrected chi connectivity index (χ0v) is 35.9. The van der Waals surface area contributed by atoms with Gasteiger partial charge in [-0.1, -0.05) is 24.3 Å². The molecule has 26 nitrogen and oxygen atoms in total. The van der Waals surface area contributed by atoms with Crippen LogP contribution in [0.25, 0.3) is 22.3 Å². The molecule has 2 saturated carbocycles. The van der Waals surface area contributed by atoms with E-state index in [1.165, 1.54) is 13.8 Å². The molecule has 4 heterocycles. The number of allylic oxidation sites excluding steroid dienone is 2. The molecule has 2 fully saturated rings. The minimum absolute atomic E-state index is 0. The lowest BCUT2D eigenvalue weighted by Gasteiger charge is -2.17. The Morgan fingerprint density at radius 1 is 0.710 bits per heavy atom. The van der Waals surface area contributed by atoms with Crippen molar-refractivity contribution in [2.45, 2.75) is 88.6 Å². The Bertz CT molecular complexity index is 2240. The molecule has 8 atom stereocenters. The first-order valence-corrected chi connectivity index (χ1v) is 22.2. The molecule has 18 N–H and O–H groups in total. The van der Waals surface area contributed by atoms with Crippen molar-refractivity contribution >= 4 is 73.4 Å². The smallest absolute Gasteiger partial charge is 0.369 e. The van der Waals surface area contributed by atoms with E-state index in [9.17, 15) is 28.5 Å². The van der Waals surface area contributed by atoms with E-state index in [-0.39, 0.29) is 61.3 Å². The third-order valence-electron chi connectivity index (χ3n) is 9.79. The van der Waals surface area contributed by atoms with Crippen LogP contribution in [0.15, 0.2) is 37.0 Å². The minimum atomic E-state index is -4.52. The number of hydrogen-bond acceptors (Lipinski definition) is 22. The molecule has 4 aromatic heterocycles. The van der Waals surface area contributed by atoms with Crippen LogP contribution < -0.4 is 45.9 Å². The molecule has 0 aliphatic heterocycles. The molecule has 0 aromatic carbocycles. The molecule has 4 aliphatic carbocycles. The minimum Gasteiger partial charge on any atom is -0.369 e. The van der Waals surface area contributed by atoms with Gasteiger partial charge in [0, 0.05) is 23.9 Å². The molecular weight excluding hydrogens is 854 g/mol. The van der Waals surface area contributed by atoms with Crippen LogP contribution in [0.5, 0.6) is 0 Å². The number of nitrogens with two attached hydrogens (primary N) is 4. The summed E-state index contributed by atoms with van der Waals surface area (Å²) in [6.07, 6.45) is 16.5. The highest BCUT2D eigenvalue weighted by Crippen LogP contribution is 2.46. The monoisotopic (exact) mass is 908 g/mol. The third kappa shape index (κ3) is 12.1. The number of phosphoric ester groups is 2. The van der Waals surface area contributed by atoms with Crippen LogP contribution >= 0.6 is 15.6 Å². The van der Waals surface area contributed by atoms with Crippen molar-refractivity contribution in [3.63, 3.8) is 0 Å². The zero-order chi connectivity index (χ0) is 42.9. The molecule has 2 unspecified atom stereocenters. The van der Waals surface area contributed by atoms with Crippen molar-refractivity contribution in [1.29, 1.82) is 0 Å². The lowest BCUT2D eigenvalue weighted by atomic mass is 10.1. The predicted octanol–water partition coefficient (Wildman–Crippen LogP) is 2.54. The number of fused-ring (bicyclic) bond motifs is 2. The third-order valence-corrected chi connectivity index (χ3v) is 11.6. The second-order valence-corrected chi connectivity index (χ2v) is 17.9. The lowest BCUT2D eigenvalue weighted by molar-refractivity contribution is -0.138. The Morgan fingerprint density at radius 2 is 1.08 bits per heavy atom. The van der Waals surface area contributed by atoms with Gasteiger partial charge >= 0.3 is 27.6 Å². The normalized spacial score (nSPS) is 23.2. The van der Waals surface area contributed by atoms with Crippen molar-refractivity contribution in [3.8, 4) is 0 Å². The molecule has 28 heteroatoms. The largest absolute Gasteiger partial charge is 0.529 e. The molecular formula is C34H54N16O10P2. The number of nitrogens with one attached hydrogen (secondary N) is 2. The number of nitrogens with zero attached hydrogens (tertiary/aromatic N) is 8. The second kappa shape index (κ2) is 19.5. The quantitative estimate of drug-likeness (QED) is 0.0570. The van der Waals surface area contributed by atoms with Gasteiger partial charge in [0.15, 0.2) is 34.0 Å². The molecule has 0 amide bonds. The highest BCUT2D eigenvalue weighted by atomic mass is 31.2. The van der Waals surface area contributed by atoms with Crippen LogP contribution in [-0.2, 0) is 36.8 Å². The van der Waals surface area contributed by atoms with E-state index in [1.807, 2.05) is 33.4 Å². The van der Waals surface area contributed by atoms with Gasteiger partial charge in [-0.05, 0) is 52.4 Å². The van der Waals surface area contributed by atoms with Crippen LogP contribution in [0, 0.1) is 11.8 Å². The van der Waals surface area contributed by atoms with Gasteiger partial charge < -0.3 is 64.1 Å². The number of imidazole rings is 2. The molecule has 340 valence electrons. The summed E-state index contributed by atoms with van der Waals surface area (Å²) in [4.78, 5) is 68.3. The number of hydrogen-bond donors (Lipinski definition) is 10. The van der Waals surface area contributed by atoms with E-state index >= 15 is 0 Å². The molecule has 0 radical (unpaired) electrons. The van der Waals surface area contributed by atoms with Crippen molar-refractivity contribution < 1.29 is 46.6 Å². The first kappa shape index (κ1) is 47.9. The van der Waals surface area contributed by atoms with Gasteiger partial charge in [-0.3, -0.25) is 18.8 Å². The lowest BCUT2D eigenvalue weighted by Crippen LogP contribution is -2.28. The maximum absolute atomic E-state index is 11.9. The van der Waals surface area contributed by atoms with Crippen molar-refractivity contribution in [1.82, 2.24) is 51.3 Å². The Labute approximate surface area is 355 Å². The Morgan fingerprint density at radius 3 is 1.42 bits per heavy atom. The molecule has 62 heavy (non-hydrogen) atoms. The Balaban J connectivity index is 0.000000227. The SMILES string of the molecule is C[C@@H](N)C(=O)OP(=O)(O)OC[C@@H]1C=C[C@H](n2cnc3c(NC4CC4)nc(N)nc32)C1.C[C@@H](N)C(=O)OP(=O)(O)OC[C@@H]1C=C[C@H](n2cnc3c(NC4CC4)nc(N)nc32)C1.N.N. The van der Waals surface area contributed by atoms with Crippen LogP contribution in [-0.4, -0.2) is 98.1 Å². The van der Waals surface area contributed by atoms with E-state index in [1.54, 1.807) is 12.7 Å². The standard InChI is InChI=1S/2C17H24N7O5P.2H3N/c2*1-9(18)16(25)29-30(26,27)28-7-10-2-5-12(6-10)24-8-20-13-14(21-11-3-4-11)22-17(19)23-15(13)24;;/h2*2,5,8-12H,3-4,6-7,18H2,1H3,(H,26,27)(H3,19,21,22,23);2*1H3/t2*9-,10-,12+;;/m11../s1. The molecule has 4 aromatic rings. The fraction of sp³-hybridized carbons (Fsp3) is 0.529. The van der Waals surface area contributed by atoms with Crippen LogP contribution in [0.2, 0.25) is 0 Å². The number of phosphoric acid groups is 2. The maximum Gasteiger partial charge on any atom is 0.529 e. The van der Waals surface area contributed by atoms with Gasteiger partial charge in [0.25, 0.3) is 0 Å². The predicted molar refractivity (Wildman–Crippen MR) is 226 cm³/mol. The highest BCUT2D eigenvalue weighted by molar-refractivity contribution is 7.48. The summed E-state index contributed by atoms with van der Waals surface area (Å²) >= 11 is 0. The van der Waals surface area contributed by atoms with Gasteiger partial charge in [-0.25, -0.2) is 28.7 Å². The first-order chi connectivity index (χ1) is 28.4. The molecule has 4 aliphatic rings. The van der Waals surface area contributed by atoms with Crippen LogP contribution in [0.1, 0.15) is 64.5 Å². The number of carbonyl (C=O) groups excluding carboxylic acids is 2. The van der Waals surface area contributed by atoms with Crippen molar-refractivity contribution in [2.24, 2.45) is 23.3 Å². The van der Waals surface area contributed by atoms with E-state index in [0.29, 0.717) is 58.9 Å². The van der Waals surface area contributed by atoms with Crippen molar-refractivity contribution in [2.75, 3.05) is 35.3 Å². The van der Waals surface area contributed by atoms with Gasteiger partial charge in [0.2, 0.25) is 11.9 Å². The summed E-state index contributed by atoms with van der Waals surface area (Å²) in [5.74, 6) is -0.763. The summed E-state index contributed by atoms with van der Waals surface area (Å²) in [5.41, 5.74) is 24.9. The van der Waals surface area contributed by atoms with Gasteiger partial charge in [-0.2, -0.15) is 19.9 Å². The number of rotatable bonds is 16. The summed E-state index contributed by atoms with van der Waals surface area (Å²) in [5, 5.41) is 6.64. The number of aromatic nitrogens is 8. The second-order valence-electron chi connectivity index (χ2n) is 15.2. The Kier molecular flexibility index (Phi) is 15.1. The molecule has 0 saturated heterocycles. The van der Waals surface area contributed by atoms with Gasteiger partial charge in [0.05, 0.1) is 38.0 Å². The maximum atomic E-state index is 11.9. The van der Waals surface area contributed by atoms with Crippen LogP contribution in [0.3, 0.4) is 0 Å². The summed E-state index contributed by atoms with van der Waals surface area (Å²) < 4.78 is 46.3. The summed E-state index contributed by atoms with van der Waals surface area (Å²) in [6, 6.07) is -1.42. The van der Waals surface area contributed by atoms with E-state index < -0.39 is 39.7 Å². The number of anilines is 4. The number of nitrogen functional groups attached to an aromatic ring is 2. The molecule has 0 spiro atoms. The van der Waals surface area contributed by atoms with Crippen LogP contribution in [0.4, 0.5) is 23.5 Å². The van der Waals surface area contributed by atoms with Crippen molar-refractivity contribution in [3.05, 3.63) is 37.0 Å². The molecule has 0 bridgehead atoms. The molecule has 8 rings (SSSR count). The summed E-state index contributed by atoms with van der Waals surface area (Å²) in [6.45, 7) is 2.52. The van der Waals surface area contributed by atoms with E-state index in [0.717, 1.165) is 25.7 Å². The summed E-state index contributed by atoms with van der Waals surface area (Å²) in [7, 11) is -9.05. The Hall–Kier alpha value is -5.14. The highest BCUT2D eigenvalue weighted by Gasteiger charge is 2.33.